The van der Waals surface area contributed by atoms with E-state index in [9.17, 15) is 14.0 Å². The average molecular weight is 398 g/mol. The van der Waals surface area contributed by atoms with Crippen molar-refractivity contribution in [2.24, 2.45) is 0 Å². The van der Waals surface area contributed by atoms with E-state index in [0.29, 0.717) is 5.16 Å². The highest BCUT2D eigenvalue weighted by molar-refractivity contribution is 7.99. The van der Waals surface area contributed by atoms with Crippen molar-refractivity contribution in [3.05, 3.63) is 77.4 Å². The van der Waals surface area contributed by atoms with Crippen LogP contribution in [0.3, 0.4) is 0 Å². The lowest BCUT2D eigenvalue weighted by molar-refractivity contribution is -0.119. The van der Waals surface area contributed by atoms with Gasteiger partial charge in [-0.3, -0.25) is 25.0 Å². The third-order valence-electron chi connectivity index (χ3n) is 4.14. The first kappa shape index (κ1) is 19.6. The van der Waals surface area contributed by atoms with Crippen molar-refractivity contribution < 1.29 is 14.0 Å². The van der Waals surface area contributed by atoms with E-state index in [0.717, 1.165) is 11.3 Å². The predicted octanol–water partition coefficient (Wildman–Crippen LogP) is 3.18. The second kappa shape index (κ2) is 8.71. The highest BCUT2D eigenvalue weighted by atomic mass is 32.2. The SMILES string of the molecule is Cc1ccc(-n2ccnc2SCC(=O)NNC(=O)c2ccccc2F)cc1C. The number of hydrazine groups is 1. The first-order chi connectivity index (χ1) is 13.5. The molecule has 1 aromatic heterocycles. The van der Waals surface area contributed by atoms with Gasteiger partial charge in [0, 0.05) is 18.1 Å². The fraction of sp³-hybridized carbons (Fsp3) is 0.150. The van der Waals surface area contributed by atoms with Gasteiger partial charge in [0.05, 0.1) is 11.3 Å². The molecule has 28 heavy (non-hydrogen) atoms. The van der Waals surface area contributed by atoms with Crippen LogP contribution in [-0.4, -0.2) is 27.1 Å². The van der Waals surface area contributed by atoms with E-state index in [4.69, 9.17) is 0 Å². The molecule has 0 aliphatic heterocycles. The maximum absolute atomic E-state index is 13.6. The van der Waals surface area contributed by atoms with Crippen LogP contribution in [0.1, 0.15) is 21.5 Å². The summed E-state index contributed by atoms with van der Waals surface area (Å²) >= 11 is 1.23. The van der Waals surface area contributed by atoms with Gasteiger partial charge >= 0.3 is 0 Å². The van der Waals surface area contributed by atoms with Gasteiger partial charge in [-0.25, -0.2) is 9.37 Å². The number of benzene rings is 2. The van der Waals surface area contributed by atoms with Crippen LogP contribution < -0.4 is 10.9 Å². The summed E-state index contributed by atoms with van der Waals surface area (Å²) in [5, 5.41) is 0.652. The molecule has 1 heterocycles. The summed E-state index contributed by atoms with van der Waals surface area (Å²) in [7, 11) is 0. The summed E-state index contributed by atoms with van der Waals surface area (Å²) in [5.74, 6) is -1.75. The summed E-state index contributed by atoms with van der Waals surface area (Å²) in [6, 6.07) is 11.6. The van der Waals surface area contributed by atoms with Crippen molar-refractivity contribution in [3.63, 3.8) is 0 Å². The number of amides is 2. The second-order valence-electron chi connectivity index (χ2n) is 6.12. The van der Waals surface area contributed by atoms with Gasteiger partial charge < -0.3 is 0 Å². The molecule has 2 N–H and O–H groups in total. The zero-order valence-corrected chi connectivity index (χ0v) is 16.2. The molecule has 0 unspecified atom stereocenters. The van der Waals surface area contributed by atoms with Gasteiger partial charge in [0.25, 0.3) is 5.91 Å². The van der Waals surface area contributed by atoms with E-state index in [1.54, 1.807) is 12.3 Å². The molecule has 144 valence electrons. The maximum atomic E-state index is 13.6. The highest BCUT2D eigenvalue weighted by Gasteiger charge is 2.13. The molecule has 2 amide bonds. The summed E-state index contributed by atoms with van der Waals surface area (Å²) < 4.78 is 15.5. The summed E-state index contributed by atoms with van der Waals surface area (Å²) in [4.78, 5) is 28.2. The predicted molar refractivity (Wildman–Crippen MR) is 106 cm³/mol. The van der Waals surface area contributed by atoms with Crippen LogP contribution in [-0.2, 0) is 4.79 Å². The topological polar surface area (TPSA) is 76.0 Å². The third kappa shape index (κ3) is 4.58. The first-order valence-corrected chi connectivity index (χ1v) is 9.52. The number of carbonyl (C=O) groups excluding carboxylic acids is 2. The Balaban J connectivity index is 1.57. The monoisotopic (exact) mass is 398 g/mol. The Bertz CT molecular complexity index is 1020. The molecular formula is C20H19FN4O2S. The van der Waals surface area contributed by atoms with Crippen LogP contribution in [0.2, 0.25) is 0 Å². The van der Waals surface area contributed by atoms with Crippen molar-refractivity contribution in [2.75, 3.05) is 5.75 Å². The number of aromatic nitrogens is 2. The standard InChI is InChI=1S/C20H19FN4O2S/c1-13-7-8-15(11-14(13)2)25-10-9-22-20(25)28-12-18(26)23-24-19(27)16-5-3-4-6-17(16)21/h3-11H,12H2,1-2H3,(H,23,26)(H,24,27). The number of thioether (sulfide) groups is 1. The zero-order chi connectivity index (χ0) is 20.1. The normalized spacial score (nSPS) is 10.5. The molecule has 3 aromatic rings. The molecule has 0 bridgehead atoms. The molecule has 3 rings (SSSR count). The van der Waals surface area contributed by atoms with Gasteiger partial charge in [-0.05, 0) is 49.2 Å². The van der Waals surface area contributed by atoms with E-state index in [1.807, 2.05) is 36.7 Å². The molecule has 0 atom stereocenters. The lowest BCUT2D eigenvalue weighted by Gasteiger charge is -2.10. The van der Waals surface area contributed by atoms with Crippen LogP contribution >= 0.6 is 11.8 Å². The van der Waals surface area contributed by atoms with Crippen molar-refractivity contribution >= 4 is 23.6 Å². The van der Waals surface area contributed by atoms with Crippen LogP contribution in [0.5, 0.6) is 0 Å². The van der Waals surface area contributed by atoms with Gasteiger partial charge in [-0.1, -0.05) is 30.0 Å². The zero-order valence-electron chi connectivity index (χ0n) is 15.4. The molecule has 0 aliphatic carbocycles. The number of hydrogen-bond donors (Lipinski definition) is 2. The number of hydrogen-bond acceptors (Lipinski definition) is 4. The second-order valence-corrected chi connectivity index (χ2v) is 7.06. The van der Waals surface area contributed by atoms with Crippen LogP contribution in [0, 0.1) is 19.7 Å². The fourth-order valence-corrected chi connectivity index (χ4v) is 3.25. The lowest BCUT2D eigenvalue weighted by atomic mass is 10.1. The Morgan fingerprint density at radius 2 is 1.89 bits per heavy atom. The number of nitrogens with one attached hydrogen (secondary N) is 2. The quantitative estimate of drug-likeness (QED) is 0.511. The van der Waals surface area contributed by atoms with Crippen LogP contribution in [0.25, 0.3) is 5.69 Å². The van der Waals surface area contributed by atoms with Crippen molar-refractivity contribution in [1.82, 2.24) is 20.4 Å². The molecule has 8 heteroatoms. The molecule has 0 fully saturated rings. The fourth-order valence-electron chi connectivity index (χ4n) is 2.47. The maximum Gasteiger partial charge on any atom is 0.272 e. The van der Waals surface area contributed by atoms with E-state index in [-0.39, 0.29) is 11.3 Å². The summed E-state index contributed by atoms with van der Waals surface area (Å²) in [6.45, 7) is 4.08. The van der Waals surface area contributed by atoms with Gasteiger partial charge in [-0.2, -0.15) is 0 Å². The van der Waals surface area contributed by atoms with Crippen LogP contribution in [0.15, 0.2) is 60.0 Å². The molecule has 6 nitrogen and oxygen atoms in total. The van der Waals surface area contributed by atoms with Crippen LogP contribution in [0.4, 0.5) is 4.39 Å². The van der Waals surface area contributed by atoms with E-state index >= 15 is 0 Å². The summed E-state index contributed by atoms with van der Waals surface area (Å²) in [5.41, 5.74) is 7.67. The van der Waals surface area contributed by atoms with Gasteiger partial charge in [-0.15, -0.1) is 0 Å². The number of halogens is 1. The number of imidazole rings is 1. The molecule has 0 aliphatic rings. The van der Waals surface area contributed by atoms with Gasteiger partial charge in [0.1, 0.15) is 5.82 Å². The van der Waals surface area contributed by atoms with E-state index < -0.39 is 17.6 Å². The third-order valence-corrected chi connectivity index (χ3v) is 5.11. The largest absolute Gasteiger partial charge is 0.295 e. The van der Waals surface area contributed by atoms with E-state index in [2.05, 4.69) is 21.9 Å². The van der Waals surface area contributed by atoms with Gasteiger partial charge in [0.15, 0.2) is 5.16 Å². The molecule has 2 aromatic carbocycles. The molecule has 0 saturated heterocycles. The number of rotatable bonds is 5. The number of nitrogens with zero attached hydrogens (tertiary/aromatic N) is 2. The Hall–Kier alpha value is -3.13. The van der Waals surface area contributed by atoms with Crippen molar-refractivity contribution in [3.8, 4) is 5.69 Å². The number of aryl methyl sites for hydroxylation is 2. The minimum Gasteiger partial charge on any atom is -0.295 e. The number of carbonyl (C=O) groups is 2. The lowest BCUT2D eigenvalue weighted by Crippen LogP contribution is -2.42. The van der Waals surface area contributed by atoms with Gasteiger partial charge in [0.2, 0.25) is 5.91 Å². The Labute approximate surface area is 166 Å². The first-order valence-electron chi connectivity index (χ1n) is 8.53. The van der Waals surface area contributed by atoms with Crippen molar-refractivity contribution in [2.45, 2.75) is 19.0 Å². The minimum absolute atomic E-state index is 0.0411. The molecule has 0 saturated carbocycles. The Kier molecular flexibility index (Phi) is 6.10. The molecule has 0 radical (unpaired) electrons. The summed E-state index contributed by atoms with van der Waals surface area (Å²) in [6.07, 6.45) is 3.49. The minimum atomic E-state index is -0.715. The average Bonchev–Trinajstić information content (AvgIpc) is 3.15. The smallest absolute Gasteiger partial charge is 0.272 e. The Morgan fingerprint density at radius 1 is 1.11 bits per heavy atom. The molecular weight excluding hydrogens is 379 g/mol. The van der Waals surface area contributed by atoms with E-state index in [1.165, 1.54) is 35.5 Å². The van der Waals surface area contributed by atoms with Crippen molar-refractivity contribution in [1.29, 1.82) is 0 Å². The molecule has 0 spiro atoms. The Morgan fingerprint density at radius 3 is 2.64 bits per heavy atom. The highest BCUT2D eigenvalue weighted by Crippen LogP contribution is 2.22.